The normalized spacial score (nSPS) is 18.1. The molecule has 0 bridgehead atoms. The van der Waals surface area contributed by atoms with Crippen molar-refractivity contribution in [2.45, 2.75) is 38.6 Å². The molecule has 5 rings (SSSR count). The number of hydrogen-bond acceptors (Lipinski definition) is 6. The van der Waals surface area contributed by atoms with Crippen LogP contribution in [0.4, 0.5) is 4.39 Å². The van der Waals surface area contributed by atoms with Crippen molar-refractivity contribution in [1.82, 2.24) is 24.1 Å². The van der Waals surface area contributed by atoms with Gasteiger partial charge in [-0.25, -0.2) is 9.37 Å². The van der Waals surface area contributed by atoms with E-state index in [0.717, 1.165) is 12.8 Å². The van der Waals surface area contributed by atoms with Crippen molar-refractivity contribution in [1.29, 1.82) is 0 Å². The highest BCUT2D eigenvalue weighted by molar-refractivity contribution is 5.83. The van der Waals surface area contributed by atoms with E-state index >= 15 is 0 Å². The Balaban J connectivity index is 1.77. The number of rotatable bonds is 4. The van der Waals surface area contributed by atoms with Gasteiger partial charge in [0.15, 0.2) is 0 Å². The number of benzene rings is 1. The number of aromatic nitrogens is 5. The van der Waals surface area contributed by atoms with Crippen LogP contribution in [0.15, 0.2) is 33.8 Å². The van der Waals surface area contributed by atoms with E-state index in [2.05, 4.69) is 15.1 Å². The van der Waals surface area contributed by atoms with Crippen LogP contribution in [0.2, 0.25) is 0 Å². The molecule has 2 unspecified atom stereocenters. The van der Waals surface area contributed by atoms with Gasteiger partial charge in [0.2, 0.25) is 11.7 Å². The number of hydrogen-bond donors (Lipinski definition) is 0. The largest absolute Gasteiger partial charge is 0.381 e. The van der Waals surface area contributed by atoms with Crippen molar-refractivity contribution in [2.24, 2.45) is 0 Å². The van der Waals surface area contributed by atoms with Crippen LogP contribution in [-0.4, -0.2) is 37.3 Å². The lowest BCUT2D eigenvalue weighted by Gasteiger charge is -2.17. The van der Waals surface area contributed by atoms with E-state index in [9.17, 15) is 9.18 Å². The van der Waals surface area contributed by atoms with Crippen molar-refractivity contribution in [3.8, 4) is 11.5 Å². The molecule has 0 aliphatic carbocycles. The Morgan fingerprint density at radius 2 is 2.21 bits per heavy atom. The van der Waals surface area contributed by atoms with Crippen LogP contribution in [0.25, 0.3) is 28.1 Å². The minimum atomic E-state index is -0.393. The topological polar surface area (TPSA) is 87.5 Å². The fraction of sp³-hybridized carbons (Fsp3) is 0.400. The average Bonchev–Trinajstić information content (AvgIpc) is 3.46. The summed E-state index contributed by atoms with van der Waals surface area (Å²) < 4.78 is 28.0. The fourth-order valence-corrected chi connectivity index (χ4v) is 3.86. The average molecular weight is 397 g/mol. The minimum Gasteiger partial charge on any atom is -0.381 e. The van der Waals surface area contributed by atoms with Gasteiger partial charge in [-0.1, -0.05) is 12.1 Å². The standard InChI is InChI=1S/C20H20FN5O3/c1-3-11(2)26-15-8-13(21)4-5-14(15)25-10-22-16(17(25)20(26)27)18-23-19(29-24-18)12-6-7-28-9-12/h4-5,8,10-12H,3,6-7,9H2,1-2H3. The van der Waals surface area contributed by atoms with E-state index in [0.29, 0.717) is 41.3 Å². The highest BCUT2D eigenvalue weighted by Gasteiger charge is 2.26. The molecule has 0 radical (unpaired) electrons. The molecule has 0 amide bonds. The van der Waals surface area contributed by atoms with Gasteiger partial charge in [0.1, 0.15) is 23.4 Å². The highest BCUT2D eigenvalue weighted by Crippen LogP contribution is 2.28. The van der Waals surface area contributed by atoms with Gasteiger partial charge in [0.05, 0.1) is 23.6 Å². The van der Waals surface area contributed by atoms with E-state index < -0.39 is 5.82 Å². The Labute approximate surface area is 164 Å². The maximum absolute atomic E-state index is 14.0. The monoisotopic (exact) mass is 397 g/mol. The van der Waals surface area contributed by atoms with Crippen LogP contribution >= 0.6 is 0 Å². The van der Waals surface area contributed by atoms with Crippen molar-refractivity contribution >= 4 is 16.6 Å². The summed E-state index contributed by atoms with van der Waals surface area (Å²) in [6.07, 6.45) is 3.09. The third-order valence-electron chi connectivity index (χ3n) is 5.61. The molecule has 0 N–H and O–H groups in total. The molecular formula is C20H20FN5O3. The lowest BCUT2D eigenvalue weighted by Crippen LogP contribution is -2.25. The van der Waals surface area contributed by atoms with Crippen molar-refractivity contribution in [2.75, 3.05) is 13.2 Å². The van der Waals surface area contributed by atoms with Crippen LogP contribution in [0, 0.1) is 5.82 Å². The molecule has 1 aliphatic heterocycles. The SMILES string of the molecule is CCC(C)n1c(=O)c2c(-c3noc(C4CCOC4)n3)ncn2c2ccc(F)cc21. The summed E-state index contributed by atoms with van der Waals surface area (Å²) in [6, 6.07) is 4.29. The molecule has 9 heteroatoms. The minimum absolute atomic E-state index is 0.0608. The summed E-state index contributed by atoms with van der Waals surface area (Å²) in [4.78, 5) is 22.3. The zero-order chi connectivity index (χ0) is 20.1. The Bertz CT molecular complexity index is 1270. The Hall–Kier alpha value is -3.07. The number of halogens is 1. The number of imidazole rings is 1. The molecular weight excluding hydrogens is 377 g/mol. The summed E-state index contributed by atoms with van der Waals surface area (Å²) in [5.74, 6) is 0.424. The maximum atomic E-state index is 14.0. The van der Waals surface area contributed by atoms with Crippen LogP contribution in [0.3, 0.4) is 0 Å². The molecule has 8 nitrogen and oxygen atoms in total. The lowest BCUT2D eigenvalue weighted by atomic mass is 10.1. The van der Waals surface area contributed by atoms with Gasteiger partial charge in [0.25, 0.3) is 5.56 Å². The van der Waals surface area contributed by atoms with Gasteiger partial charge in [-0.2, -0.15) is 4.98 Å². The lowest BCUT2D eigenvalue weighted by molar-refractivity contribution is 0.189. The predicted octanol–water partition coefficient (Wildman–Crippen LogP) is 3.31. The van der Waals surface area contributed by atoms with Gasteiger partial charge in [0, 0.05) is 12.6 Å². The van der Waals surface area contributed by atoms with Crippen molar-refractivity contribution < 1.29 is 13.7 Å². The van der Waals surface area contributed by atoms with Crippen LogP contribution in [0.5, 0.6) is 0 Å². The second-order valence-electron chi connectivity index (χ2n) is 7.39. The summed E-state index contributed by atoms with van der Waals surface area (Å²) in [5, 5.41) is 4.06. The van der Waals surface area contributed by atoms with E-state index in [1.165, 1.54) is 12.1 Å². The maximum Gasteiger partial charge on any atom is 0.278 e. The van der Waals surface area contributed by atoms with Gasteiger partial charge < -0.3 is 13.8 Å². The van der Waals surface area contributed by atoms with E-state index in [-0.39, 0.29) is 23.3 Å². The zero-order valence-electron chi connectivity index (χ0n) is 16.1. The van der Waals surface area contributed by atoms with E-state index in [4.69, 9.17) is 9.26 Å². The third kappa shape index (κ3) is 2.76. The van der Waals surface area contributed by atoms with Crippen LogP contribution < -0.4 is 5.56 Å². The Kier molecular flexibility index (Phi) is 4.20. The van der Waals surface area contributed by atoms with Crippen LogP contribution in [-0.2, 0) is 4.74 Å². The predicted molar refractivity (Wildman–Crippen MR) is 103 cm³/mol. The number of ether oxygens (including phenoxy) is 1. The van der Waals surface area contributed by atoms with Crippen molar-refractivity contribution in [3.63, 3.8) is 0 Å². The second-order valence-corrected chi connectivity index (χ2v) is 7.39. The second kappa shape index (κ2) is 6.77. The molecule has 0 saturated carbocycles. The molecule has 3 aromatic heterocycles. The molecule has 150 valence electrons. The Morgan fingerprint density at radius 1 is 1.34 bits per heavy atom. The molecule has 1 aliphatic rings. The molecule has 29 heavy (non-hydrogen) atoms. The summed E-state index contributed by atoms with van der Waals surface area (Å²) in [7, 11) is 0. The fourth-order valence-electron chi connectivity index (χ4n) is 3.86. The summed E-state index contributed by atoms with van der Waals surface area (Å²) >= 11 is 0. The molecule has 1 saturated heterocycles. The molecule has 0 spiro atoms. The molecule has 1 aromatic carbocycles. The number of nitrogens with zero attached hydrogens (tertiary/aromatic N) is 5. The molecule has 1 fully saturated rings. The summed E-state index contributed by atoms with van der Waals surface area (Å²) in [5.41, 5.74) is 1.65. The van der Waals surface area contributed by atoms with Gasteiger partial charge in [-0.3, -0.25) is 9.20 Å². The third-order valence-corrected chi connectivity index (χ3v) is 5.61. The number of fused-ring (bicyclic) bond motifs is 3. The molecule has 2 atom stereocenters. The van der Waals surface area contributed by atoms with Crippen molar-refractivity contribution in [3.05, 3.63) is 46.6 Å². The van der Waals surface area contributed by atoms with Gasteiger partial charge in [-0.05, 0) is 38.0 Å². The smallest absolute Gasteiger partial charge is 0.278 e. The van der Waals surface area contributed by atoms with E-state index in [1.807, 2.05) is 13.8 Å². The first kappa shape index (κ1) is 18.0. The molecule has 4 heterocycles. The highest BCUT2D eigenvalue weighted by atomic mass is 19.1. The summed E-state index contributed by atoms with van der Waals surface area (Å²) in [6.45, 7) is 5.13. The van der Waals surface area contributed by atoms with Gasteiger partial charge >= 0.3 is 0 Å². The first-order valence-corrected chi connectivity index (χ1v) is 9.71. The zero-order valence-corrected chi connectivity index (χ0v) is 16.1. The van der Waals surface area contributed by atoms with Gasteiger partial charge in [-0.15, -0.1) is 0 Å². The Morgan fingerprint density at radius 3 is 2.97 bits per heavy atom. The first-order valence-electron chi connectivity index (χ1n) is 9.71. The first-order chi connectivity index (χ1) is 14.1. The molecule has 4 aromatic rings. The quantitative estimate of drug-likeness (QED) is 0.525. The van der Waals surface area contributed by atoms with Crippen LogP contribution in [0.1, 0.15) is 44.5 Å². The van der Waals surface area contributed by atoms with E-state index in [1.54, 1.807) is 21.4 Å².